The largest absolute Gasteiger partial charge is 0.456 e. The lowest BCUT2D eigenvalue weighted by atomic mass is 10.0. The predicted molar refractivity (Wildman–Crippen MR) is 82.0 cm³/mol. The molecular weight excluding hydrogens is 286 g/mol. The quantitative estimate of drug-likeness (QED) is 0.475. The van der Waals surface area contributed by atoms with Gasteiger partial charge in [-0.3, -0.25) is 4.79 Å². The van der Waals surface area contributed by atoms with Crippen LogP contribution in [0, 0.1) is 0 Å². The molecule has 0 unspecified atom stereocenters. The molecular formula is C17H10ClNO2. The van der Waals surface area contributed by atoms with E-state index in [1.165, 1.54) is 4.09 Å². The highest BCUT2D eigenvalue weighted by Crippen LogP contribution is 2.47. The molecule has 1 aromatic heterocycles. The van der Waals surface area contributed by atoms with Crippen LogP contribution >= 0.6 is 11.8 Å². The lowest BCUT2D eigenvalue weighted by Gasteiger charge is -2.09. The predicted octanol–water partition coefficient (Wildman–Crippen LogP) is 4.74. The van der Waals surface area contributed by atoms with Gasteiger partial charge in [-0.1, -0.05) is 30.3 Å². The number of benzene rings is 2. The van der Waals surface area contributed by atoms with E-state index in [0.29, 0.717) is 5.69 Å². The molecule has 0 saturated carbocycles. The van der Waals surface area contributed by atoms with E-state index in [9.17, 15) is 4.79 Å². The maximum atomic E-state index is 11.2. The molecule has 0 radical (unpaired) electrons. The Labute approximate surface area is 126 Å². The second kappa shape index (κ2) is 4.50. The minimum absolute atomic E-state index is 0.424. The van der Waals surface area contributed by atoms with E-state index in [1.54, 1.807) is 6.07 Å². The summed E-state index contributed by atoms with van der Waals surface area (Å²) in [6.45, 7) is 0. The van der Waals surface area contributed by atoms with Crippen molar-refractivity contribution in [2.75, 3.05) is 0 Å². The summed E-state index contributed by atoms with van der Waals surface area (Å²) in [5, 5.41) is 0. The van der Waals surface area contributed by atoms with Gasteiger partial charge in [0.15, 0.2) is 6.29 Å². The fourth-order valence-corrected chi connectivity index (χ4v) is 2.96. The number of rotatable bonds is 1. The summed E-state index contributed by atoms with van der Waals surface area (Å²) < 4.78 is 7.41. The summed E-state index contributed by atoms with van der Waals surface area (Å²) >= 11 is 6.34. The lowest BCUT2D eigenvalue weighted by molar-refractivity contribution is 0.111. The summed E-state index contributed by atoms with van der Waals surface area (Å²) in [4.78, 5) is 11.2. The zero-order valence-electron chi connectivity index (χ0n) is 10.9. The third-order valence-electron chi connectivity index (χ3n) is 3.63. The van der Waals surface area contributed by atoms with Gasteiger partial charge in [-0.25, -0.2) is 4.09 Å². The van der Waals surface area contributed by atoms with E-state index in [2.05, 4.69) is 0 Å². The SMILES string of the molecule is O=Cc1cc2c(n1Cl)-c1ccccc1Oc1ccccc1-2. The van der Waals surface area contributed by atoms with Crippen molar-refractivity contribution in [3.63, 3.8) is 0 Å². The molecule has 0 N–H and O–H groups in total. The number of aromatic nitrogens is 1. The van der Waals surface area contributed by atoms with Gasteiger partial charge in [-0.2, -0.15) is 0 Å². The fraction of sp³-hybridized carbons (Fsp3) is 0. The highest BCUT2D eigenvalue weighted by Gasteiger charge is 2.25. The molecule has 0 bridgehead atoms. The minimum Gasteiger partial charge on any atom is -0.456 e. The fourth-order valence-electron chi connectivity index (χ4n) is 2.69. The van der Waals surface area contributed by atoms with Crippen LogP contribution in [0.4, 0.5) is 0 Å². The number of carbonyl (C=O) groups excluding carboxylic acids is 1. The van der Waals surface area contributed by atoms with Crippen LogP contribution in [-0.2, 0) is 0 Å². The molecule has 0 saturated heterocycles. The van der Waals surface area contributed by atoms with Gasteiger partial charge in [-0.05, 0) is 24.3 Å². The average Bonchev–Trinajstić information content (AvgIpc) is 2.77. The summed E-state index contributed by atoms with van der Waals surface area (Å²) in [5.41, 5.74) is 3.89. The maximum Gasteiger partial charge on any atom is 0.167 e. The van der Waals surface area contributed by atoms with Gasteiger partial charge in [0.2, 0.25) is 0 Å². The maximum absolute atomic E-state index is 11.2. The van der Waals surface area contributed by atoms with Crippen LogP contribution in [0.5, 0.6) is 11.5 Å². The molecule has 2 heterocycles. The molecule has 2 aromatic carbocycles. The first-order chi connectivity index (χ1) is 10.3. The second-order valence-electron chi connectivity index (χ2n) is 4.82. The van der Waals surface area contributed by atoms with E-state index in [-0.39, 0.29) is 0 Å². The summed E-state index contributed by atoms with van der Waals surface area (Å²) in [7, 11) is 0. The van der Waals surface area contributed by atoms with Gasteiger partial charge >= 0.3 is 0 Å². The third kappa shape index (κ3) is 1.71. The van der Waals surface area contributed by atoms with Gasteiger partial charge in [0.05, 0.1) is 11.4 Å². The standard InChI is InChI=1S/C17H10ClNO2/c18-19-11(10-20)9-14-12-5-1-3-7-15(12)21-16-8-4-2-6-13(16)17(14)19/h1-10H. The summed E-state index contributed by atoms with van der Waals surface area (Å²) in [5.74, 6) is 1.48. The number of aldehydes is 1. The van der Waals surface area contributed by atoms with Crippen molar-refractivity contribution in [3.05, 3.63) is 60.3 Å². The summed E-state index contributed by atoms with van der Waals surface area (Å²) in [6.07, 6.45) is 0.758. The average molecular weight is 296 g/mol. The molecule has 21 heavy (non-hydrogen) atoms. The van der Waals surface area contributed by atoms with Crippen molar-refractivity contribution in [1.82, 2.24) is 4.09 Å². The molecule has 0 atom stereocenters. The monoisotopic (exact) mass is 295 g/mol. The Balaban J connectivity index is 2.16. The smallest absolute Gasteiger partial charge is 0.167 e. The van der Waals surface area contributed by atoms with E-state index in [0.717, 1.165) is 40.2 Å². The number of fused-ring (bicyclic) bond motifs is 5. The van der Waals surface area contributed by atoms with Crippen LogP contribution in [0.15, 0.2) is 54.6 Å². The van der Waals surface area contributed by atoms with Crippen LogP contribution < -0.4 is 4.74 Å². The van der Waals surface area contributed by atoms with Crippen molar-refractivity contribution in [2.24, 2.45) is 0 Å². The Bertz CT molecular complexity index is 867. The molecule has 1 aliphatic rings. The number of halogens is 1. The van der Waals surface area contributed by atoms with Crippen molar-refractivity contribution in [2.45, 2.75) is 0 Å². The Morgan fingerprint density at radius 1 is 0.905 bits per heavy atom. The molecule has 3 aromatic rings. The third-order valence-corrected chi connectivity index (χ3v) is 3.99. The number of para-hydroxylation sites is 2. The molecule has 0 spiro atoms. The number of ether oxygens (including phenoxy) is 1. The van der Waals surface area contributed by atoms with E-state index >= 15 is 0 Å². The van der Waals surface area contributed by atoms with Crippen LogP contribution in [0.3, 0.4) is 0 Å². The van der Waals surface area contributed by atoms with Gasteiger partial charge < -0.3 is 4.74 Å². The number of carbonyl (C=O) groups is 1. The highest BCUT2D eigenvalue weighted by atomic mass is 35.5. The Morgan fingerprint density at radius 2 is 1.52 bits per heavy atom. The molecule has 102 valence electrons. The van der Waals surface area contributed by atoms with E-state index in [1.807, 2.05) is 48.5 Å². The summed E-state index contributed by atoms with van der Waals surface area (Å²) in [6, 6.07) is 17.2. The van der Waals surface area contributed by atoms with Gasteiger partial charge in [0, 0.05) is 28.5 Å². The van der Waals surface area contributed by atoms with Gasteiger partial charge in [0.1, 0.15) is 11.5 Å². The van der Waals surface area contributed by atoms with Crippen molar-refractivity contribution in [1.29, 1.82) is 0 Å². The minimum atomic E-state index is 0.424. The number of nitrogens with zero attached hydrogens (tertiary/aromatic N) is 1. The Kier molecular flexibility index (Phi) is 2.62. The van der Waals surface area contributed by atoms with Crippen molar-refractivity contribution >= 4 is 18.1 Å². The van der Waals surface area contributed by atoms with E-state index in [4.69, 9.17) is 16.5 Å². The van der Waals surface area contributed by atoms with Gasteiger partial charge in [-0.15, -0.1) is 0 Å². The first kappa shape index (κ1) is 12.2. The number of hydrogen-bond acceptors (Lipinski definition) is 2. The molecule has 0 amide bonds. The van der Waals surface area contributed by atoms with Crippen LogP contribution in [0.1, 0.15) is 10.5 Å². The lowest BCUT2D eigenvalue weighted by Crippen LogP contribution is -1.92. The van der Waals surface area contributed by atoms with Crippen molar-refractivity contribution < 1.29 is 9.53 Å². The Hall–Kier alpha value is -2.52. The van der Waals surface area contributed by atoms with Gasteiger partial charge in [0.25, 0.3) is 0 Å². The van der Waals surface area contributed by atoms with E-state index < -0.39 is 0 Å². The highest BCUT2D eigenvalue weighted by molar-refractivity contribution is 6.20. The molecule has 1 aliphatic heterocycles. The van der Waals surface area contributed by atoms with Crippen LogP contribution in [0.2, 0.25) is 0 Å². The second-order valence-corrected chi connectivity index (χ2v) is 5.16. The molecule has 0 aliphatic carbocycles. The normalized spacial score (nSPS) is 11.7. The van der Waals surface area contributed by atoms with Crippen molar-refractivity contribution in [3.8, 4) is 33.9 Å². The number of hydrogen-bond donors (Lipinski definition) is 0. The molecule has 4 rings (SSSR count). The van der Waals surface area contributed by atoms with Crippen LogP contribution in [-0.4, -0.2) is 10.4 Å². The molecule has 4 heteroatoms. The molecule has 0 fully saturated rings. The molecule has 3 nitrogen and oxygen atoms in total. The first-order valence-corrected chi connectivity index (χ1v) is 6.87. The van der Waals surface area contributed by atoms with Crippen LogP contribution in [0.25, 0.3) is 22.4 Å². The first-order valence-electron chi connectivity index (χ1n) is 6.53. The topological polar surface area (TPSA) is 31.2 Å². The zero-order chi connectivity index (χ0) is 14.4. The Morgan fingerprint density at radius 3 is 2.24 bits per heavy atom. The zero-order valence-corrected chi connectivity index (χ0v) is 11.7.